The van der Waals surface area contributed by atoms with Crippen molar-refractivity contribution in [3.05, 3.63) is 59.7 Å². The number of ether oxygens (including phenoxy) is 2. The maximum absolute atomic E-state index is 12.2. The summed E-state index contributed by atoms with van der Waals surface area (Å²) in [5.74, 6) is 3.83. The van der Waals surface area contributed by atoms with Gasteiger partial charge in [0.05, 0.1) is 26.4 Å². The first-order valence-electron chi connectivity index (χ1n) is 37.7. The monoisotopic (exact) mass is 1320 g/mol. The summed E-state index contributed by atoms with van der Waals surface area (Å²) >= 11 is 3.73. The van der Waals surface area contributed by atoms with Crippen molar-refractivity contribution in [1.29, 1.82) is 0 Å². The topological polar surface area (TPSA) is 89.5 Å². The molecule has 8 nitrogen and oxygen atoms in total. The second-order valence-electron chi connectivity index (χ2n) is 26.1. The molecule has 0 N–H and O–H groups in total. The minimum absolute atomic E-state index is 0.0102. The van der Waals surface area contributed by atoms with Gasteiger partial charge in [-0.2, -0.15) is 0 Å². The summed E-state index contributed by atoms with van der Waals surface area (Å²) in [6, 6.07) is 17.5. The van der Waals surface area contributed by atoms with E-state index in [4.69, 9.17) is 27.6 Å². The minimum Gasteiger partial charge on any atom is -0.466 e. The molecule has 0 amide bonds. The fraction of sp³-hybridized carbons (Fsp3) is 0.818. The van der Waals surface area contributed by atoms with Gasteiger partial charge in [-0.3, -0.25) is 9.59 Å². The number of rotatable bonds is 68. The zero-order chi connectivity index (χ0) is 64.0. The van der Waals surface area contributed by atoms with E-state index in [1.807, 2.05) is 22.8 Å². The van der Waals surface area contributed by atoms with Crippen LogP contribution in [-0.2, 0) is 33.5 Å². The molecular formula is C77H138O8P2S2. The highest BCUT2D eigenvalue weighted by atomic mass is 32.7. The Labute approximate surface area is 560 Å². The highest BCUT2D eigenvalue weighted by Crippen LogP contribution is 2.54. The van der Waals surface area contributed by atoms with Gasteiger partial charge in [0.1, 0.15) is 11.5 Å². The molecular weight excluding hydrogens is 1180 g/mol. The second kappa shape index (κ2) is 62.6. The molecule has 12 heteroatoms. The van der Waals surface area contributed by atoms with Crippen LogP contribution >= 0.6 is 37.9 Å². The molecule has 0 saturated carbocycles. The van der Waals surface area contributed by atoms with Crippen LogP contribution in [0.4, 0.5) is 0 Å². The van der Waals surface area contributed by atoms with Crippen LogP contribution in [0, 0.1) is 0 Å². The van der Waals surface area contributed by atoms with Crippen molar-refractivity contribution in [3.8, 4) is 11.5 Å². The van der Waals surface area contributed by atoms with Crippen molar-refractivity contribution in [2.24, 2.45) is 0 Å². The summed E-state index contributed by atoms with van der Waals surface area (Å²) in [5.41, 5.74) is 2.28. The normalized spacial score (nSPS) is 12.4. The predicted octanol–water partition coefficient (Wildman–Crippen LogP) is 27.4. The molecule has 0 aliphatic carbocycles. The van der Waals surface area contributed by atoms with Gasteiger partial charge in [-0.1, -0.05) is 345 Å². The van der Waals surface area contributed by atoms with E-state index in [-0.39, 0.29) is 17.4 Å². The minimum atomic E-state index is -1.10. The van der Waals surface area contributed by atoms with E-state index in [2.05, 4.69) is 90.1 Å². The van der Waals surface area contributed by atoms with Crippen LogP contribution in [0.2, 0.25) is 0 Å². The molecule has 0 aliphatic heterocycles. The number of hydrogen-bond donors (Lipinski definition) is 0. The maximum Gasteiger partial charge on any atom is 0.305 e. The highest BCUT2D eigenvalue weighted by Gasteiger charge is 2.25. The number of carbonyl (C=O) groups excluding carboxylic acids is 2. The van der Waals surface area contributed by atoms with E-state index in [9.17, 15) is 9.59 Å². The molecule has 2 aromatic rings. The number of esters is 2. The average Bonchev–Trinajstić information content (AvgIpc) is 2.00. The molecule has 0 aliphatic rings. The third-order valence-corrected chi connectivity index (χ3v) is 23.7. The fourth-order valence-electron chi connectivity index (χ4n) is 11.3. The first-order valence-corrected chi connectivity index (χ1v) is 43.3. The van der Waals surface area contributed by atoms with Crippen molar-refractivity contribution in [2.75, 3.05) is 37.9 Å². The quantitative estimate of drug-likeness (QED) is 0.0362. The standard InChI is InChI=1S/C77H138O8P2S2/c1-7-11-15-19-23-33-41-49-65-80-75(78)55-47-39-31-27-29-37-45-53-69-88-86(82-67-51-43-35-25-21-17-13-9-3)84-73-61-57-71(58-62-73)77(5,6)72-59-63-74(64-60-72)85-87(83-68-52-44-36-26-22-18-14-10-4)89-70-54-46-38-30-28-32-40-48-56-76(79)81-66-50-42-34-24-20-16-12-8-2/h57-64H,7-56,65-70H2,1-6H3. The van der Waals surface area contributed by atoms with Gasteiger partial charge in [0.15, 0.2) is 0 Å². The lowest BCUT2D eigenvalue weighted by Gasteiger charge is -2.27. The van der Waals surface area contributed by atoms with Gasteiger partial charge in [0, 0.05) is 29.8 Å². The lowest BCUT2D eigenvalue weighted by Crippen LogP contribution is -2.18. The fourth-order valence-corrected chi connectivity index (χ4v) is 17.1. The van der Waals surface area contributed by atoms with Crippen LogP contribution in [0.15, 0.2) is 48.5 Å². The van der Waals surface area contributed by atoms with E-state index in [0.717, 1.165) is 87.6 Å². The molecule has 0 radical (unpaired) electrons. The molecule has 0 spiro atoms. The van der Waals surface area contributed by atoms with Gasteiger partial charge < -0.3 is 27.6 Å². The molecule has 2 aromatic carbocycles. The van der Waals surface area contributed by atoms with Gasteiger partial charge in [0.25, 0.3) is 15.2 Å². The molecule has 0 bridgehead atoms. The van der Waals surface area contributed by atoms with Crippen molar-refractivity contribution in [2.45, 2.75) is 368 Å². The first kappa shape index (κ1) is 83.5. The summed E-state index contributed by atoms with van der Waals surface area (Å²) in [5, 5.41) is 0. The first-order chi connectivity index (χ1) is 43.7. The smallest absolute Gasteiger partial charge is 0.305 e. The van der Waals surface area contributed by atoms with Crippen LogP contribution in [0.3, 0.4) is 0 Å². The SMILES string of the molecule is CCCCCCCCCCOC(=O)CCCCCCCCCCSP(OCCCCCCCCCC)Oc1ccc(C(C)(C)c2ccc(OP(OCCCCCCCCCC)SCCCCCCCCCCC(=O)OCCCCCCCCCC)cc2)cc1. The Morgan fingerprint density at radius 1 is 0.315 bits per heavy atom. The van der Waals surface area contributed by atoms with Crippen LogP contribution in [-0.4, -0.2) is 49.9 Å². The number of unbranched alkanes of at least 4 members (excludes halogenated alkanes) is 42. The summed E-state index contributed by atoms with van der Waals surface area (Å²) < 4.78 is 37.4. The van der Waals surface area contributed by atoms with E-state index < -0.39 is 15.2 Å². The Morgan fingerprint density at radius 2 is 0.551 bits per heavy atom. The molecule has 2 rings (SSSR count). The Kier molecular flexibility index (Phi) is 58.7. The van der Waals surface area contributed by atoms with E-state index >= 15 is 0 Å². The van der Waals surface area contributed by atoms with Crippen LogP contribution in [0.5, 0.6) is 11.5 Å². The Bertz CT molecular complexity index is 1710. The highest BCUT2D eigenvalue weighted by molar-refractivity contribution is 8.53. The third kappa shape index (κ3) is 50.5. The van der Waals surface area contributed by atoms with Crippen molar-refractivity contribution in [1.82, 2.24) is 0 Å². The van der Waals surface area contributed by atoms with Crippen LogP contribution in [0.25, 0.3) is 0 Å². The van der Waals surface area contributed by atoms with E-state index in [0.29, 0.717) is 26.1 Å². The zero-order valence-electron chi connectivity index (χ0n) is 58.7. The Morgan fingerprint density at radius 3 is 0.831 bits per heavy atom. The molecule has 2 unspecified atom stereocenters. The van der Waals surface area contributed by atoms with Gasteiger partial charge in [-0.05, 0) is 86.8 Å². The van der Waals surface area contributed by atoms with Crippen LogP contribution in [0.1, 0.15) is 374 Å². The molecule has 2 atom stereocenters. The summed E-state index contributed by atoms with van der Waals surface area (Å²) in [6.07, 6.45) is 60.8. The predicted molar refractivity (Wildman–Crippen MR) is 392 cm³/mol. The average molecular weight is 1320 g/mol. The third-order valence-electron chi connectivity index (χ3n) is 17.4. The maximum atomic E-state index is 12.2. The summed E-state index contributed by atoms with van der Waals surface area (Å²) in [6.45, 7) is 16.4. The molecule has 89 heavy (non-hydrogen) atoms. The lowest BCUT2D eigenvalue weighted by atomic mass is 9.78. The summed E-state index contributed by atoms with van der Waals surface area (Å²) in [4.78, 5) is 24.4. The van der Waals surface area contributed by atoms with Crippen molar-refractivity contribution < 1.29 is 37.2 Å². The molecule has 0 saturated heterocycles. The van der Waals surface area contributed by atoms with Gasteiger partial charge >= 0.3 is 11.9 Å². The zero-order valence-corrected chi connectivity index (χ0v) is 62.1. The van der Waals surface area contributed by atoms with Crippen LogP contribution < -0.4 is 9.05 Å². The van der Waals surface area contributed by atoms with Gasteiger partial charge in [-0.15, -0.1) is 0 Å². The molecule has 0 heterocycles. The molecule has 0 aromatic heterocycles. The molecule has 516 valence electrons. The van der Waals surface area contributed by atoms with Gasteiger partial charge in [0.2, 0.25) is 0 Å². The lowest BCUT2D eigenvalue weighted by molar-refractivity contribution is -0.144. The Balaban J connectivity index is 1.81. The Hall–Kier alpha value is -1.54. The number of benzene rings is 2. The van der Waals surface area contributed by atoms with E-state index in [1.54, 1.807) is 0 Å². The number of carbonyl (C=O) groups is 2. The largest absolute Gasteiger partial charge is 0.466 e. The van der Waals surface area contributed by atoms with Gasteiger partial charge in [-0.25, -0.2) is 0 Å². The number of hydrogen-bond acceptors (Lipinski definition) is 10. The summed E-state index contributed by atoms with van der Waals surface area (Å²) in [7, 11) is -2.19. The van der Waals surface area contributed by atoms with E-state index in [1.165, 1.54) is 268 Å². The second-order valence-corrected chi connectivity index (χ2v) is 32.6. The van der Waals surface area contributed by atoms with Crippen molar-refractivity contribution >= 4 is 49.9 Å². The molecule has 0 fully saturated rings. The van der Waals surface area contributed by atoms with Crippen molar-refractivity contribution in [3.63, 3.8) is 0 Å².